The molecule has 0 aliphatic heterocycles. The van der Waals surface area contributed by atoms with Crippen molar-refractivity contribution in [3.63, 3.8) is 0 Å². The molecule has 0 amide bonds. The van der Waals surface area contributed by atoms with E-state index in [4.69, 9.17) is 0 Å². The van der Waals surface area contributed by atoms with E-state index in [9.17, 15) is 4.39 Å². The lowest BCUT2D eigenvalue weighted by atomic mass is 10.1. The first-order valence-electron chi connectivity index (χ1n) is 5.67. The molecule has 2 aromatic rings. The van der Waals surface area contributed by atoms with Crippen LogP contribution in [-0.4, -0.2) is 0 Å². The molecule has 4 heteroatoms. The van der Waals surface area contributed by atoms with Crippen LogP contribution in [-0.2, 0) is 11.9 Å². The molecule has 0 fully saturated rings. The van der Waals surface area contributed by atoms with Gasteiger partial charge in [-0.15, -0.1) is 0 Å². The van der Waals surface area contributed by atoms with Crippen molar-refractivity contribution in [1.29, 1.82) is 0 Å². The van der Waals surface area contributed by atoms with Crippen LogP contribution < -0.4 is 10.9 Å². The first-order valence-corrected chi connectivity index (χ1v) is 6.79. The zero-order valence-corrected chi connectivity index (χ0v) is 11.4. The van der Waals surface area contributed by atoms with Crippen molar-refractivity contribution < 1.29 is 4.39 Å². The highest BCUT2D eigenvalue weighted by molar-refractivity contribution is 9.08. The monoisotopic (exact) mass is 308 g/mol. The molecule has 2 nitrogen and oxygen atoms in total. The van der Waals surface area contributed by atoms with E-state index in [1.165, 1.54) is 6.07 Å². The Bertz CT molecular complexity index is 502. The topological polar surface area (TPSA) is 24.1 Å². The molecule has 0 saturated carbocycles. The maximum absolute atomic E-state index is 13.2. The average Bonchev–Trinajstić information content (AvgIpc) is 2.40. The molecule has 0 unspecified atom stereocenters. The molecule has 0 atom stereocenters. The molecule has 0 heterocycles. The van der Waals surface area contributed by atoms with Gasteiger partial charge in [0.25, 0.3) is 0 Å². The van der Waals surface area contributed by atoms with E-state index in [-0.39, 0.29) is 5.82 Å². The highest BCUT2D eigenvalue weighted by Gasteiger charge is 2.02. The molecule has 0 saturated heterocycles. The van der Waals surface area contributed by atoms with Crippen LogP contribution in [0.15, 0.2) is 48.5 Å². The van der Waals surface area contributed by atoms with Crippen molar-refractivity contribution in [3.8, 4) is 0 Å². The fourth-order valence-corrected chi connectivity index (χ4v) is 2.20. The van der Waals surface area contributed by atoms with Crippen molar-refractivity contribution in [2.75, 3.05) is 5.43 Å². The number of halogens is 2. The fourth-order valence-electron chi connectivity index (χ4n) is 1.65. The Morgan fingerprint density at radius 1 is 1.00 bits per heavy atom. The third-order valence-electron chi connectivity index (χ3n) is 2.60. The number of hydrogen-bond donors (Lipinski definition) is 2. The predicted molar refractivity (Wildman–Crippen MR) is 75.9 cm³/mol. The first-order chi connectivity index (χ1) is 8.79. The van der Waals surface area contributed by atoms with Crippen molar-refractivity contribution in [1.82, 2.24) is 5.43 Å². The summed E-state index contributed by atoms with van der Waals surface area (Å²) in [6, 6.07) is 14.6. The number of hydrogen-bond acceptors (Lipinski definition) is 2. The normalized spacial score (nSPS) is 10.3. The van der Waals surface area contributed by atoms with Gasteiger partial charge in [0, 0.05) is 17.6 Å². The van der Waals surface area contributed by atoms with Crippen LogP contribution in [0.25, 0.3) is 0 Å². The second kappa shape index (κ2) is 6.52. The molecule has 94 valence electrons. The van der Waals surface area contributed by atoms with E-state index in [0.717, 1.165) is 22.1 Å². The molecule has 18 heavy (non-hydrogen) atoms. The van der Waals surface area contributed by atoms with E-state index >= 15 is 0 Å². The lowest BCUT2D eigenvalue weighted by Gasteiger charge is -2.11. The van der Waals surface area contributed by atoms with Crippen LogP contribution in [0.2, 0.25) is 0 Å². The second-order valence-electron chi connectivity index (χ2n) is 3.89. The molecule has 2 N–H and O–H groups in total. The van der Waals surface area contributed by atoms with Crippen LogP contribution in [0.4, 0.5) is 10.1 Å². The lowest BCUT2D eigenvalue weighted by molar-refractivity contribution is 0.622. The Morgan fingerprint density at radius 3 is 2.50 bits per heavy atom. The quantitative estimate of drug-likeness (QED) is 0.648. The molecule has 0 aliphatic carbocycles. The van der Waals surface area contributed by atoms with E-state index in [1.807, 2.05) is 30.3 Å². The van der Waals surface area contributed by atoms with E-state index in [2.05, 4.69) is 26.8 Å². The number of para-hydroxylation sites is 1. The van der Waals surface area contributed by atoms with Crippen LogP contribution in [0, 0.1) is 5.82 Å². The highest BCUT2D eigenvalue weighted by Crippen LogP contribution is 2.14. The summed E-state index contributed by atoms with van der Waals surface area (Å²) < 4.78 is 13.2. The lowest BCUT2D eigenvalue weighted by Crippen LogP contribution is -2.21. The van der Waals surface area contributed by atoms with Crippen LogP contribution in [0.3, 0.4) is 0 Å². The Hall–Kier alpha value is -1.39. The molecule has 0 radical (unpaired) electrons. The summed E-state index contributed by atoms with van der Waals surface area (Å²) in [7, 11) is 0. The summed E-state index contributed by atoms with van der Waals surface area (Å²) in [5, 5.41) is 0.718. The fraction of sp³-hybridized carbons (Fsp3) is 0.143. The molecule has 0 aliphatic rings. The number of anilines is 1. The van der Waals surface area contributed by atoms with Crippen molar-refractivity contribution in [2.24, 2.45) is 0 Å². The second-order valence-corrected chi connectivity index (χ2v) is 4.45. The summed E-state index contributed by atoms with van der Waals surface area (Å²) in [5.74, 6) is -0.212. The Morgan fingerprint density at radius 2 is 1.78 bits per heavy atom. The minimum absolute atomic E-state index is 0.212. The van der Waals surface area contributed by atoms with Gasteiger partial charge in [-0.05, 0) is 35.4 Å². The Balaban J connectivity index is 1.96. The number of alkyl halides is 1. The number of benzene rings is 2. The molecular weight excluding hydrogens is 295 g/mol. The Kier molecular flexibility index (Phi) is 4.73. The van der Waals surface area contributed by atoms with Gasteiger partial charge in [-0.2, -0.15) is 0 Å². The highest BCUT2D eigenvalue weighted by atomic mass is 79.9. The smallest absolute Gasteiger partial charge is 0.123 e. The molecule has 2 rings (SSSR count). The third-order valence-corrected chi connectivity index (χ3v) is 3.20. The van der Waals surface area contributed by atoms with Gasteiger partial charge >= 0.3 is 0 Å². The first kappa shape index (κ1) is 13.1. The average molecular weight is 309 g/mol. The van der Waals surface area contributed by atoms with Gasteiger partial charge in [0.15, 0.2) is 0 Å². The molecule has 2 aromatic carbocycles. The van der Waals surface area contributed by atoms with Crippen LogP contribution in [0.1, 0.15) is 11.1 Å². The number of rotatable bonds is 5. The van der Waals surface area contributed by atoms with Gasteiger partial charge < -0.3 is 5.43 Å². The van der Waals surface area contributed by atoms with Crippen LogP contribution >= 0.6 is 15.9 Å². The minimum Gasteiger partial charge on any atom is -0.321 e. The van der Waals surface area contributed by atoms with Gasteiger partial charge in [0.05, 0.1) is 0 Å². The van der Waals surface area contributed by atoms with Crippen LogP contribution in [0.5, 0.6) is 0 Å². The standard InChI is InChI=1S/C14H14BrFN2/c15-9-11-6-7-13(16)8-12(11)10-17-18-14-4-2-1-3-5-14/h1-8,17-18H,9-10H2. The van der Waals surface area contributed by atoms with Gasteiger partial charge in [0.1, 0.15) is 5.82 Å². The van der Waals surface area contributed by atoms with E-state index in [1.54, 1.807) is 12.1 Å². The van der Waals surface area contributed by atoms with Crippen molar-refractivity contribution >= 4 is 21.6 Å². The summed E-state index contributed by atoms with van der Waals surface area (Å²) in [4.78, 5) is 0. The van der Waals surface area contributed by atoms with Gasteiger partial charge in [-0.25, -0.2) is 9.82 Å². The van der Waals surface area contributed by atoms with E-state index < -0.39 is 0 Å². The molecule has 0 spiro atoms. The summed E-state index contributed by atoms with van der Waals surface area (Å²) in [6.07, 6.45) is 0. The van der Waals surface area contributed by atoms with E-state index in [0.29, 0.717) is 6.54 Å². The third kappa shape index (κ3) is 3.55. The van der Waals surface area contributed by atoms with Gasteiger partial charge in [-0.3, -0.25) is 0 Å². The maximum atomic E-state index is 13.2. The number of nitrogens with one attached hydrogen (secondary N) is 2. The van der Waals surface area contributed by atoms with Crippen molar-refractivity contribution in [2.45, 2.75) is 11.9 Å². The predicted octanol–water partition coefficient (Wildman–Crippen LogP) is 3.84. The molecule has 0 aromatic heterocycles. The van der Waals surface area contributed by atoms with Crippen molar-refractivity contribution in [3.05, 3.63) is 65.5 Å². The summed E-state index contributed by atoms with van der Waals surface area (Å²) >= 11 is 3.40. The molecular formula is C14H14BrFN2. The Labute approximate surface area is 114 Å². The maximum Gasteiger partial charge on any atom is 0.123 e. The largest absolute Gasteiger partial charge is 0.321 e. The molecule has 0 bridgehead atoms. The van der Waals surface area contributed by atoms with Gasteiger partial charge in [-0.1, -0.05) is 40.2 Å². The summed E-state index contributed by atoms with van der Waals surface area (Å²) in [6.45, 7) is 0.563. The number of hydrazine groups is 1. The summed E-state index contributed by atoms with van der Waals surface area (Å²) in [5.41, 5.74) is 9.16. The van der Waals surface area contributed by atoms with Gasteiger partial charge in [0.2, 0.25) is 0 Å². The zero-order chi connectivity index (χ0) is 12.8. The minimum atomic E-state index is -0.212. The SMILES string of the molecule is Fc1ccc(CBr)c(CNNc2ccccc2)c1. The zero-order valence-electron chi connectivity index (χ0n) is 9.79.